The molecule has 1 nitrogen and oxygen atoms in total. The van der Waals surface area contributed by atoms with Gasteiger partial charge in [0, 0.05) is 11.3 Å². The van der Waals surface area contributed by atoms with E-state index >= 15 is 0 Å². The Labute approximate surface area is 118 Å². The van der Waals surface area contributed by atoms with Crippen molar-refractivity contribution < 1.29 is 0 Å². The molecule has 0 spiro atoms. The van der Waals surface area contributed by atoms with Crippen molar-refractivity contribution in [1.29, 1.82) is 0 Å². The maximum Gasteiger partial charge on any atom is 0.0281 e. The van der Waals surface area contributed by atoms with Crippen LogP contribution in [-0.4, -0.2) is 24.1 Å². The monoisotopic (exact) mass is 269 g/mol. The quantitative estimate of drug-likeness (QED) is 0.707. The van der Waals surface area contributed by atoms with Crippen LogP contribution in [0.15, 0.2) is 0 Å². The Bertz CT molecular complexity index is 217. The van der Waals surface area contributed by atoms with Crippen molar-refractivity contribution in [3.05, 3.63) is 0 Å². The van der Waals surface area contributed by atoms with E-state index < -0.39 is 0 Å². The molecule has 0 aromatic rings. The van der Waals surface area contributed by atoms with E-state index in [0.29, 0.717) is 4.75 Å². The molecule has 106 valence electrons. The van der Waals surface area contributed by atoms with Gasteiger partial charge in [0.2, 0.25) is 0 Å². The number of nitrogens with one attached hydrogen (secondary N) is 1. The third kappa shape index (κ3) is 4.45. The van der Waals surface area contributed by atoms with Gasteiger partial charge in [-0.25, -0.2) is 0 Å². The molecule has 0 heterocycles. The topological polar surface area (TPSA) is 12.0 Å². The van der Waals surface area contributed by atoms with Gasteiger partial charge in [0.1, 0.15) is 0 Å². The van der Waals surface area contributed by atoms with Crippen LogP contribution >= 0.6 is 11.8 Å². The minimum Gasteiger partial charge on any atom is -0.315 e. The van der Waals surface area contributed by atoms with E-state index in [2.05, 4.69) is 23.3 Å². The third-order valence-corrected chi connectivity index (χ3v) is 6.52. The van der Waals surface area contributed by atoms with Gasteiger partial charge in [0.05, 0.1) is 0 Å². The Balaban J connectivity index is 1.61. The fourth-order valence-corrected chi connectivity index (χ4v) is 4.69. The molecule has 0 aliphatic heterocycles. The van der Waals surface area contributed by atoms with E-state index in [0.717, 1.165) is 5.92 Å². The molecule has 0 aromatic carbocycles. The molecule has 2 heteroatoms. The molecule has 0 saturated heterocycles. The van der Waals surface area contributed by atoms with Gasteiger partial charge >= 0.3 is 0 Å². The molecule has 0 radical (unpaired) electrons. The molecular weight excluding hydrogens is 238 g/mol. The average molecular weight is 269 g/mol. The van der Waals surface area contributed by atoms with Gasteiger partial charge in [0.25, 0.3) is 0 Å². The Morgan fingerprint density at radius 2 is 1.67 bits per heavy atom. The van der Waals surface area contributed by atoms with Crippen molar-refractivity contribution in [2.45, 2.75) is 75.4 Å². The van der Waals surface area contributed by atoms with Crippen LogP contribution < -0.4 is 5.32 Å². The van der Waals surface area contributed by atoms with Gasteiger partial charge in [-0.3, -0.25) is 0 Å². The van der Waals surface area contributed by atoms with Crippen molar-refractivity contribution in [1.82, 2.24) is 5.32 Å². The van der Waals surface area contributed by atoms with E-state index in [4.69, 9.17) is 0 Å². The highest BCUT2D eigenvalue weighted by atomic mass is 32.2. The molecule has 1 N–H and O–H groups in total. The highest BCUT2D eigenvalue weighted by molar-refractivity contribution is 8.00. The summed E-state index contributed by atoms with van der Waals surface area (Å²) in [5.41, 5.74) is 0. The number of hydrogen-bond donors (Lipinski definition) is 1. The van der Waals surface area contributed by atoms with Crippen molar-refractivity contribution >= 4 is 11.8 Å². The van der Waals surface area contributed by atoms with Crippen molar-refractivity contribution in [3.8, 4) is 0 Å². The molecule has 0 aromatic heterocycles. The van der Waals surface area contributed by atoms with Crippen molar-refractivity contribution in [3.63, 3.8) is 0 Å². The van der Waals surface area contributed by atoms with Crippen LogP contribution in [0.1, 0.15) is 70.6 Å². The summed E-state index contributed by atoms with van der Waals surface area (Å²) in [7, 11) is 0. The average Bonchev–Trinajstić information content (AvgIpc) is 2.46. The molecular formula is C16H31NS. The van der Waals surface area contributed by atoms with Crippen molar-refractivity contribution in [2.24, 2.45) is 5.92 Å². The smallest absolute Gasteiger partial charge is 0.0281 e. The van der Waals surface area contributed by atoms with Gasteiger partial charge in [0.15, 0.2) is 0 Å². The summed E-state index contributed by atoms with van der Waals surface area (Å²) in [6.07, 6.45) is 18.4. The lowest BCUT2D eigenvalue weighted by Gasteiger charge is -2.36. The fourth-order valence-electron chi connectivity index (χ4n) is 3.75. The molecule has 0 bridgehead atoms. The summed E-state index contributed by atoms with van der Waals surface area (Å²) in [6.45, 7) is 2.51. The van der Waals surface area contributed by atoms with Crippen LogP contribution in [-0.2, 0) is 0 Å². The highest BCUT2D eigenvalue weighted by Gasteiger charge is 2.30. The van der Waals surface area contributed by atoms with Crippen molar-refractivity contribution in [2.75, 3.05) is 19.3 Å². The van der Waals surface area contributed by atoms with E-state index in [1.165, 1.54) is 83.7 Å². The minimum absolute atomic E-state index is 0.574. The van der Waals surface area contributed by atoms with Gasteiger partial charge in [-0.05, 0) is 38.0 Å². The van der Waals surface area contributed by atoms with Crippen LogP contribution in [0, 0.1) is 5.92 Å². The Kier molecular flexibility index (Phi) is 6.37. The lowest BCUT2D eigenvalue weighted by molar-refractivity contribution is 0.324. The summed E-state index contributed by atoms with van der Waals surface area (Å²) in [6, 6.07) is 0. The summed E-state index contributed by atoms with van der Waals surface area (Å²) in [5.74, 6) is 1.03. The first kappa shape index (κ1) is 14.7. The normalized spacial score (nSPS) is 25.2. The second kappa shape index (κ2) is 7.79. The molecule has 18 heavy (non-hydrogen) atoms. The Hall–Kier alpha value is 0.310. The van der Waals surface area contributed by atoms with E-state index in [9.17, 15) is 0 Å². The maximum atomic E-state index is 3.77. The third-order valence-electron chi connectivity index (χ3n) is 5.10. The first-order valence-corrected chi connectivity index (χ1v) is 9.33. The highest BCUT2D eigenvalue weighted by Crippen LogP contribution is 2.38. The minimum atomic E-state index is 0.574. The zero-order valence-electron chi connectivity index (χ0n) is 12.2. The van der Waals surface area contributed by atoms with Gasteiger partial charge in [-0.2, -0.15) is 11.8 Å². The van der Waals surface area contributed by atoms with Gasteiger partial charge < -0.3 is 5.32 Å². The summed E-state index contributed by atoms with van der Waals surface area (Å²) < 4.78 is 0.574. The Morgan fingerprint density at radius 1 is 1.00 bits per heavy atom. The van der Waals surface area contributed by atoms with E-state index in [1.54, 1.807) is 0 Å². The van der Waals surface area contributed by atoms with E-state index in [1.807, 2.05) is 0 Å². The van der Waals surface area contributed by atoms with Gasteiger partial charge in [-0.1, -0.05) is 51.4 Å². The molecule has 2 rings (SSSR count). The largest absolute Gasteiger partial charge is 0.315 e. The van der Waals surface area contributed by atoms with E-state index in [-0.39, 0.29) is 0 Å². The molecule has 2 aliphatic rings. The molecule has 0 unspecified atom stereocenters. The van der Waals surface area contributed by atoms with Crippen LogP contribution in [0.5, 0.6) is 0 Å². The molecule has 0 atom stereocenters. The predicted molar refractivity (Wildman–Crippen MR) is 83.4 cm³/mol. The molecule has 0 amide bonds. The first-order valence-electron chi connectivity index (χ1n) is 8.10. The van der Waals surface area contributed by atoms with Crippen LogP contribution in [0.25, 0.3) is 0 Å². The van der Waals surface area contributed by atoms with Gasteiger partial charge in [-0.15, -0.1) is 0 Å². The second-order valence-corrected chi connectivity index (χ2v) is 7.69. The van der Waals surface area contributed by atoms with Crippen LogP contribution in [0.3, 0.4) is 0 Å². The zero-order chi connectivity index (χ0) is 12.7. The maximum absolute atomic E-state index is 3.77. The number of rotatable bonds is 6. The lowest BCUT2D eigenvalue weighted by Crippen LogP contribution is -2.40. The predicted octanol–water partition coefficient (Wildman–Crippen LogP) is 4.61. The number of thioether (sulfide) groups is 1. The zero-order valence-corrected chi connectivity index (χ0v) is 13.0. The summed E-state index contributed by atoms with van der Waals surface area (Å²) in [5, 5.41) is 3.77. The Morgan fingerprint density at radius 3 is 2.33 bits per heavy atom. The molecule has 2 fully saturated rings. The summed E-state index contributed by atoms with van der Waals surface area (Å²) >= 11 is 2.12. The molecule has 2 aliphatic carbocycles. The molecule has 2 saturated carbocycles. The SMILES string of the molecule is CSC1(CNCCC2CCCCC2)CCCCC1. The van der Waals surface area contributed by atoms with Crippen LogP contribution in [0.2, 0.25) is 0 Å². The van der Waals surface area contributed by atoms with Crippen LogP contribution in [0.4, 0.5) is 0 Å². The first-order chi connectivity index (χ1) is 8.85. The second-order valence-electron chi connectivity index (χ2n) is 6.42. The standard InChI is InChI=1S/C16H31NS/c1-18-16(11-6-3-7-12-16)14-17-13-10-15-8-4-2-5-9-15/h15,17H,2-14H2,1H3. The lowest BCUT2D eigenvalue weighted by atomic mass is 9.86. The fraction of sp³-hybridized carbons (Fsp3) is 1.00. The summed E-state index contributed by atoms with van der Waals surface area (Å²) in [4.78, 5) is 0. The number of hydrogen-bond acceptors (Lipinski definition) is 2.